The zero-order chi connectivity index (χ0) is 15.6. The second kappa shape index (κ2) is 6.39. The Morgan fingerprint density at radius 3 is 2.48 bits per heavy atom. The summed E-state index contributed by atoms with van der Waals surface area (Å²) in [5, 5.41) is 10.2. The van der Waals surface area contributed by atoms with Gasteiger partial charge in [0, 0.05) is 32.2 Å². The van der Waals surface area contributed by atoms with Crippen molar-refractivity contribution in [3.8, 4) is 0 Å². The third-order valence-electron chi connectivity index (χ3n) is 3.76. The van der Waals surface area contributed by atoms with E-state index < -0.39 is 16.1 Å². The Morgan fingerprint density at radius 2 is 1.95 bits per heavy atom. The van der Waals surface area contributed by atoms with Gasteiger partial charge in [-0.3, -0.25) is 4.90 Å². The van der Waals surface area contributed by atoms with Crippen LogP contribution in [0.3, 0.4) is 0 Å². The van der Waals surface area contributed by atoms with E-state index in [1.54, 1.807) is 12.1 Å². The number of rotatable bonds is 4. The van der Waals surface area contributed by atoms with Gasteiger partial charge in [-0.05, 0) is 24.6 Å². The van der Waals surface area contributed by atoms with E-state index in [1.165, 1.54) is 22.7 Å². The van der Waals surface area contributed by atoms with Crippen molar-refractivity contribution in [2.75, 3.05) is 32.4 Å². The Labute approximate surface area is 125 Å². The first-order chi connectivity index (χ1) is 9.77. The van der Waals surface area contributed by atoms with Gasteiger partial charge in [-0.1, -0.05) is 12.1 Å². The van der Waals surface area contributed by atoms with Crippen LogP contribution in [0.1, 0.15) is 18.6 Å². The summed E-state index contributed by atoms with van der Waals surface area (Å²) in [5.41, 5.74) is 0.662. The second-order valence-electron chi connectivity index (χ2n) is 5.55. The summed E-state index contributed by atoms with van der Waals surface area (Å²) >= 11 is 0. The maximum absolute atomic E-state index is 12.9. The lowest BCUT2D eigenvalue weighted by molar-refractivity contribution is 0.0752. The van der Waals surface area contributed by atoms with Crippen molar-refractivity contribution >= 4 is 10.0 Å². The van der Waals surface area contributed by atoms with Gasteiger partial charge in [-0.2, -0.15) is 4.31 Å². The van der Waals surface area contributed by atoms with E-state index in [1.807, 2.05) is 11.8 Å². The Bertz CT molecular complexity index is 576. The molecular weight excluding hydrogens is 295 g/mol. The zero-order valence-electron chi connectivity index (χ0n) is 12.2. The number of halogens is 1. The Morgan fingerprint density at radius 1 is 1.33 bits per heavy atom. The largest absolute Gasteiger partial charge is 0.387 e. The highest BCUT2D eigenvalue weighted by Gasteiger charge is 2.30. The topological polar surface area (TPSA) is 60.9 Å². The van der Waals surface area contributed by atoms with Crippen LogP contribution in [-0.2, 0) is 10.0 Å². The molecule has 5 nitrogen and oxygen atoms in total. The molecule has 1 aliphatic heterocycles. The van der Waals surface area contributed by atoms with E-state index in [0.717, 1.165) is 0 Å². The van der Waals surface area contributed by atoms with Gasteiger partial charge in [0.1, 0.15) is 5.82 Å². The van der Waals surface area contributed by atoms with E-state index in [0.29, 0.717) is 31.7 Å². The van der Waals surface area contributed by atoms with Gasteiger partial charge in [0.05, 0.1) is 12.4 Å². The minimum absolute atomic E-state index is 0.117. The molecule has 1 N–H and O–H groups in total. The molecule has 118 valence electrons. The fourth-order valence-electron chi connectivity index (χ4n) is 2.71. The number of β-amino-alcohol motifs (C(OH)–C–C–N with tert-alkyl or cyclic N) is 1. The number of piperazine rings is 1. The SMILES string of the molecule is C[C@H]1CN(CC(O)c2ccc(F)cc2)CCN1S(C)(=O)=O. The van der Waals surface area contributed by atoms with E-state index in [4.69, 9.17) is 0 Å². The number of hydrogen-bond acceptors (Lipinski definition) is 4. The third kappa shape index (κ3) is 4.23. The lowest BCUT2D eigenvalue weighted by Gasteiger charge is -2.39. The zero-order valence-corrected chi connectivity index (χ0v) is 13.1. The summed E-state index contributed by atoms with van der Waals surface area (Å²) in [6.07, 6.45) is 0.509. The fraction of sp³-hybridized carbons (Fsp3) is 0.571. The minimum atomic E-state index is -3.18. The number of nitrogens with zero attached hydrogens (tertiary/aromatic N) is 2. The molecule has 1 fully saturated rings. The van der Waals surface area contributed by atoms with Crippen molar-refractivity contribution in [3.63, 3.8) is 0 Å². The first-order valence-corrected chi connectivity index (χ1v) is 8.75. The third-order valence-corrected chi connectivity index (χ3v) is 5.16. The predicted molar refractivity (Wildman–Crippen MR) is 78.8 cm³/mol. The van der Waals surface area contributed by atoms with Crippen LogP contribution in [-0.4, -0.2) is 61.2 Å². The van der Waals surface area contributed by atoms with Crippen LogP contribution in [0.5, 0.6) is 0 Å². The first-order valence-electron chi connectivity index (χ1n) is 6.90. The normalized spacial score (nSPS) is 23.1. The number of benzene rings is 1. The molecule has 0 aromatic heterocycles. The molecule has 2 rings (SSSR count). The molecule has 1 unspecified atom stereocenters. The van der Waals surface area contributed by atoms with Crippen LogP contribution < -0.4 is 0 Å². The Balaban J connectivity index is 1.95. The fourth-order valence-corrected chi connectivity index (χ4v) is 3.84. The van der Waals surface area contributed by atoms with E-state index in [2.05, 4.69) is 0 Å². The molecule has 0 bridgehead atoms. The van der Waals surface area contributed by atoms with Crippen molar-refractivity contribution in [2.45, 2.75) is 19.1 Å². The first kappa shape index (κ1) is 16.4. The molecular formula is C14H21FN2O3S. The summed E-state index contributed by atoms with van der Waals surface area (Å²) < 4.78 is 37.5. The van der Waals surface area contributed by atoms with Gasteiger partial charge in [-0.25, -0.2) is 12.8 Å². The van der Waals surface area contributed by atoms with Gasteiger partial charge < -0.3 is 5.11 Å². The van der Waals surface area contributed by atoms with Crippen LogP contribution in [0.2, 0.25) is 0 Å². The van der Waals surface area contributed by atoms with Crippen molar-refractivity contribution in [2.24, 2.45) is 0 Å². The van der Waals surface area contributed by atoms with Gasteiger partial charge >= 0.3 is 0 Å². The number of sulfonamides is 1. The molecule has 0 amide bonds. The van der Waals surface area contributed by atoms with Gasteiger partial charge in [0.25, 0.3) is 0 Å². The molecule has 7 heteroatoms. The summed E-state index contributed by atoms with van der Waals surface area (Å²) in [6.45, 7) is 3.85. The molecule has 0 aliphatic carbocycles. The molecule has 1 aromatic carbocycles. The van der Waals surface area contributed by atoms with Crippen molar-refractivity contribution in [1.82, 2.24) is 9.21 Å². The van der Waals surface area contributed by atoms with Crippen LogP contribution in [0.15, 0.2) is 24.3 Å². The molecule has 0 saturated carbocycles. The maximum Gasteiger partial charge on any atom is 0.211 e. The van der Waals surface area contributed by atoms with Gasteiger partial charge in [0.2, 0.25) is 10.0 Å². The highest BCUT2D eigenvalue weighted by atomic mass is 32.2. The van der Waals surface area contributed by atoms with Crippen LogP contribution in [0.25, 0.3) is 0 Å². The predicted octanol–water partition coefficient (Wildman–Crippen LogP) is 0.825. The number of aliphatic hydroxyl groups excluding tert-OH is 1. The average molecular weight is 316 g/mol. The number of hydrogen-bond donors (Lipinski definition) is 1. The Hall–Kier alpha value is -1.02. The summed E-state index contributed by atoms with van der Waals surface area (Å²) in [7, 11) is -3.18. The molecule has 0 radical (unpaired) electrons. The molecule has 21 heavy (non-hydrogen) atoms. The molecule has 1 heterocycles. The molecule has 1 aromatic rings. The van der Waals surface area contributed by atoms with Crippen LogP contribution in [0, 0.1) is 5.82 Å². The van der Waals surface area contributed by atoms with Crippen LogP contribution in [0.4, 0.5) is 4.39 Å². The van der Waals surface area contributed by atoms with Crippen molar-refractivity contribution < 1.29 is 17.9 Å². The molecule has 1 saturated heterocycles. The number of aliphatic hydroxyl groups is 1. The smallest absolute Gasteiger partial charge is 0.211 e. The highest BCUT2D eigenvalue weighted by Crippen LogP contribution is 2.18. The summed E-state index contributed by atoms with van der Waals surface area (Å²) in [4.78, 5) is 2.03. The monoisotopic (exact) mass is 316 g/mol. The van der Waals surface area contributed by atoms with E-state index in [-0.39, 0.29) is 11.9 Å². The lowest BCUT2D eigenvalue weighted by Crippen LogP contribution is -2.54. The Kier molecular flexibility index (Phi) is 4.98. The van der Waals surface area contributed by atoms with Gasteiger partial charge in [-0.15, -0.1) is 0 Å². The summed E-state index contributed by atoms with van der Waals surface area (Å²) in [5.74, 6) is -0.332. The second-order valence-corrected chi connectivity index (χ2v) is 7.48. The maximum atomic E-state index is 12.9. The quantitative estimate of drug-likeness (QED) is 0.894. The van der Waals surface area contributed by atoms with Gasteiger partial charge in [0.15, 0.2) is 0 Å². The highest BCUT2D eigenvalue weighted by molar-refractivity contribution is 7.88. The minimum Gasteiger partial charge on any atom is -0.387 e. The average Bonchev–Trinajstić information content (AvgIpc) is 2.37. The van der Waals surface area contributed by atoms with E-state index in [9.17, 15) is 17.9 Å². The van der Waals surface area contributed by atoms with Crippen molar-refractivity contribution in [1.29, 1.82) is 0 Å². The molecule has 2 atom stereocenters. The van der Waals surface area contributed by atoms with Crippen LogP contribution >= 0.6 is 0 Å². The van der Waals surface area contributed by atoms with E-state index >= 15 is 0 Å². The lowest BCUT2D eigenvalue weighted by atomic mass is 10.1. The molecule has 1 aliphatic rings. The molecule has 0 spiro atoms. The van der Waals surface area contributed by atoms with Crippen molar-refractivity contribution in [3.05, 3.63) is 35.6 Å². The standard InChI is InChI=1S/C14H21FN2O3S/c1-11-9-16(7-8-17(11)21(2,19)20)10-14(18)12-3-5-13(15)6-4-12/h3-6,11,14,18H,7-10H2,1-2H3/t11-,14?/m0/s1. The summed E-state index contributed by atoms with van der Waals surface area (Å²) in [6, 6.07) is 5.66.